The smallest absolute Gasteiger partial charge is 0.156 e. The minimum atomic E-state index is 0.617. The first-order valence-corrected chi connectivity index (χ1v) is 7.87. The highest BCUT2D eigenvalue weighted by atomic mass is 32.2. The van der Waals surface area contributed by atoms with Crippen LogP contribution < -0.4 is 5.32 Å². The summed E-state index contributed by atoms with van der Waals surface area (Å²) in [6.45, 7) is 7.74. The predicted molar refractivity (Wildman–Crippen MR) is 74.1 cm³/mol. The first kappa shape index (κ1) is 13.2. The second kappa shape index (κ2) is 6.69. The number of amidine groups is 1. The number of nitrogens with one attached hydrogen (secondary N) is 1. The zero-order valence-corrected chi connectivity index (χ0v) is 11.8. The van der Waals surface area contributed by atoms with E-state index in [1.54, 1.807) is 0 Å². The van der Waals surface area contributed by atoms with Gasteiger partial charge in [-0.25, -0.2) is 0 Å². The lowest BCUT2D eigenvalue weighted by Crippen LogP contribution is -2.31. The molecule has 0 bridgehead atoms. The highest BCUT2D eigenvalue weighted by Gasteiger charge is 2.22. The Balaban J connectivity index is 2.24. The van der Waals surface area contributed by atoms with Gasteiger partial charge in [0.2, 0.25) is 0 Å². The summed E-state index contributed by atoms with van der Waals surface area (Å²) < 4.78 is 0. The van der Waals surface area contributed by atoms with Crippen molar-refractivity contribution < 1.29 is 0 Å². The van der Waals surface area contributed by atoms with Crippen molar-refractivity contribution in [3.8, 4) is 0 Å². The van der Waals surface area contributed by atoms with Gasteiger partial charge in [0, 0.05) is 23.6 Å². The van der Waals surface area contributed by atoms with Crippen LogP contribution in [0.15, 0.2) is 4.99 Å². The summed E-state index contributed by atoms with van der Waals surface area (Å²) in [5.74, 6) is 1.88. The molecule has 2 nitrogen and oxygen atoms in total. The van der Waals surface area contributed by atoms with E-state index in [1.807, 2.05) is 23.5 Å². The van der Waals surface area contributed by atoms with E-state index in [9.17, 15) is 0 Å². The van der Waals surface area contributed by atoms with E-state index >= 15 is 0 Å². The van der Waals surface area contributed by atoms with Crippen LogP contribution in [0.2, 0.25) is 0 Å². The molecule has 1 fully saturated rings. The predicted octanol–water partition coefficient (Wildman–Crippen LogP) is 2.85. The Hall–Kier alpha value is 0.170. The van der Waals surface area contributed by atoms with Gasteiger partial charge >= 0.3 is 0 Å². The molecule has 0 aromatic carbocycles. The summed E-state index contributed by atoms with van der Waals surface area (Å²) in [7, 11) is 0. The van der Waals surface area contributed by atoms with Gasteiger partial charge in [-0.1, -0.05) is 32.5 Å². The van der Waals surface area contributed by atoms with E-state index in [2.05, 4.69) is 37.3 Å². The van der Waals surface area contributed by atoms with Gasteiger partial charge in [-0.05, 0) is 18.6 Å². The molecule has 0 aromatic heterocycles. The Morgan fingerprint density at radius 3 is 2.80 bits per heavy atom. The molecule has 0 aromatic rings. The van der Waals surface area contributed by atoms with Crippen LogP contribution in [0.3, 0.4) is 0 Å². The summed E-state index contributed by atoms with van der Waals surface area (Å²) in [6.07, 6.45) is 3.34. The first-order chi connectivity index (χ1) is 7.13. The van der Waals surface area contributed by atoms with Crippen LogP contribution in [0.4, 0.5) is 0 Å². The second-order valence-corrected chi connectivity index (χ2v) is 6.61. The maximum absolute atomic E-state index is 4.60. The number of thioether (sulfide) groups is 2. The summed E-state index contributed by atoms with van der Waals surface area (Å²) in [6, 6.07) is 0.617. The normalized spacial score (nSPS) is 25.9. The maximum atomic E-state index is 4.60. The SMILES string of the molecule is CSC(C)CCN=C1N[C@@H](C(C)C)CS1. The van der Waals surface area contributed by atoms with Gasteiger partial charge in [-0.3, -0.25) is 4.99 Å². The molecule has 15 heavy (non-hydrogen) atoms. The Kier molecular flexibility index (Phi) is 5.90. The van der Waals surface area contributed by atoms with Crippen molar-refractivity contribution >= 4 is 28.7 Å². The van der Waals surface area contributed by atoms with Crippen LogP contribution in [-0.2, 0) is 0 Å². The average Bonchev–Trinajstić information content (AvgIpc) is 2.66. The molecule has 0 radical (unpaired) electrons. The van der Waals surface area contributed by atoms with Gasteiger partial charge in [0.25, 0.3) is 0 Å². The molecule has 1 aliphatic heterocycles. The van der Waals surface area contributed by atoms with Crippen LogP contribution in [0, 0.1) is 5.92 Å². The van der Waals surface area contributed by atoms with Gasteiger partial charge in [0.15, 0.2) is 5.17 Å². The Bertz CT molecular complexity index is 217. The fourth-order valence-corrected chi connectivity index (χ4v) is 2.89. The Morgan fingerprint density at radius 2 is 2.27 bits per heavy atom. The molecule has 1 saturated heterocycles. The quantitative estimate of drug-likeness (QED) is 0.807. The largest absolute Gasteiger partial charge is 0.361 e. The molecular weight excluding hydrogens is 224 g/mol. The highest BCUT2D eigenvalue weighted by molar-refractivity contribution is 8.14. The van der Waals surface area contributed by atoms with E-state index in [1.165, 1.54) is 12.2 Å². The number of aliphatic imine (C=N–C) groups is 1. The number of rotatable bonds is 5. The standard InChI is InChI=1S/C11H22N2S2/c1-8(2)10-7-15-11(13-10)12-6-5-9(3)14-4/h8-10H,5-7H2,1-4H3,(H,12,13)/t9?,10-/m1/s1. The number of nitrogens with zero attached hydrogens (tertiary/aromatic N) is 1. The third kappa shape index (κ3) is 4.68. The fraction of sp³-hybridized carbons (Fsp3) is 0.909. The third-order valence-corrected chi connectivity index (χ3v) is 4.79. The molecule has 0 amide bonds. The number of hydrogen-bond donors (Lipinski definition) is 1. The Morgan fingerprint density at radius 1 is 1.53 bits per heavy atom. The molecular formula is C11H22N2S2. The molecule has 0 spiro atoms. The molecule has 1 aliphatic rings. The van der Waals surface area contributed by atoms with Crippen molar-refractivity contribution in [2.24, 2.45) is 10.9 Å². The maximum Gasteiger partial charge on any atom is 0.156 e. The highest BCUT2D eigenvalue weighted by Crippen LogP contribution is 2.19. The van der Waals surface area contributed by atoms with Crippen molar-refractivity contribution in [3.63, 3.8) is 0 Å². The van der Waals surface area contributed by atoms with Crippen LogP contribution >= 0.6 is 23.5 Å². The zero-order valence-electron chi connectivity index (χ0n) is 10.1. The molecule has 0 aliphatic carbocycles. The summed E-state index contributed by atoms with van der Waals surface area (Å²) >= 11 is 3.79. The molecule has 4 heteroatoms. The topological polar surface area (TPSA) is 24.4 Å². The molecule has 88 valence electrons. The fourth-order valence-electron chi connectivity index (χ4n) is 1.33. The van der Waals surface area contributed by atoms with Crippen molar-refractivity contribution in [3.05, 3.63) is 0 Å². The lowest BCUT2D eigenvalue weighted by Gasteiger charge is -2.13. The van der Waals surface area contributed by atoms with Gasteiger partial charge in [0.1, 0.15) is 0 Å². The second-order valence-electron chi connectivity index (χ2n) is 4.33. The van der Waals surface area contributed by atoms with Gasteiger partial charge in [-0.2, -0.15) is 11.8 Å². The van der Waals surface area contributed by atoms with Gasteiger partial charge < -0.3 is 5.32 Å². The third-order valence-electron chi connectivity index (χ3n) is 2.71. The minimum absolute atomic E-state index is 0.617. The van der Waals surface area contributed by atoms with E-state index in [4.69, 9.17) is 0 Å². The first-order valence-electron chi connectivity index (χ1n) is 5.60. The summed E-state index contributed by atoms with van der Waals surface area (Å²) in [5, 5.41) is 5.37. The van der Waals surface area contributed by atoms with E-state index in [0.717, 1.165) is 17.0 Å². The van der Waals surface area contributed by atoms with Crippen LogP contribution in [0.5, 0.6) is 0 Å². The Labute approximate surface area is 102 Å². The van der Waals surface area contributed by atoms with Crippen LogP contribution in [0.25, 0.3) is 0 Å². The monoisotopic (exact) mass is 246 g/mol. The zero-order chi connectivity index (χ0) is 11.3. The van der Waals surface area contributed by atoms with E-state index in [0.29, 0.717) is 12.0 Å². The van der Waals surface area contributed by atoms with Crippen molar-refractivity contribution in [1.82, 2.24) is 5.32 Å². The molecule has 1 unspecified atom stereocenters. The summed E-state index contributed by atoms with van der Waals surface area (Å²) in [4.78, 5) is 4.60. The minimum Gasteiger partial charge on any atom is -0.361 e. The number of hydrogen-bond acceptors (Lipinski definition) is 3. The molecule has 0 saturated carbocycles. The molecule has 1 N–H and O–H groups in total. The van der Waals surface area contributed by atoms with Crippen molar-refractivity contribution in [2.75, 3.05) is 18.6 Å². The lowest BCUT2D eigenvalue weighted by atomic mass is 10.1. The lowest BCUT2D eigenvalue weighted by molar-refractivity contribution is 0.503. The molecule has 1 heterocycles. The average molecular weight is 246 g/mol. The van der Waals surface area contributed by atoms with Gasteiger partial charge in [-0.15, -0.1) is 0 Å². The van der Waals surface area contributed by atoms with Crippen molar-refractivity contribution in [2.45, 2.75) is 38.5 Å². The van der Waals surface area contributed by atoms with Crippen LogP contribution in [0.1, 0.15) is 27.2 Å². The molecule has 1 rings (SSSR count). The van der Waals surface area contributed by atoms with Crippen LogP contribution in [-0.4, -0.2) is 35.0 Å². The summed E-state index contributed by atoms with van der Waals surface area (Å²) in [5.41, 5.74) is 0. The van der Waals surface area contributed by atoms with E-state index < -0.39 is 0 Å². The van der Waals surface area contributed by atoms with E-state index in [-0.39, 0.29) is 0 Å². The molecule has 2 atom stereocenters. The van der Waals surface area contributed by atoms with Gasteiger partial charge in [0.05, 0.1) is 0 Å². The van der Waals surface area contributed by atoms with Crippen molar-refractivity contribution in [1.29, 1.82) is 0 Å².